The molecule has 0 saturated heterocycles. The zero-order valence-corrected chi connectivity index (χ0v) is 12.7. The fourth-order valence-corrected chi connectivity index (χ4v) is 3.80. The Bertz CT molecular complexity index is 725. The molecule has 1 fully saturated rings. The van der Waals surface area contributed by atoms with Crippen LogP contribution in [0, 0.1) is 11.2 Å². The molecular weight excluding hydrogens is 313 g/mol. The van der Waals surface area contributed by atoms with E-state index in [1.807, 2.05) is 0 Å². The summed E-state index contributed by atoms with van der Waals surface area (Å²) in [5, 5.41) is 11.3. The summed E-state index contributed by atoms with van der Waals surface area (Å²) in [6.45, 7) is 0.152. The molecule has 0 aromatic heterocycles. The molecule has 1 saturated carbocycles. The molecule has 0 unspecified atom stereocenters. The van der Waals surface area contributed by atoms with Gasteiger partial charge in [-0.2, -0.15) is 0 Å². The molecule has 1 aliphatic rings. The lowest BCUT2D eigenvalue weighted by Gasteiger charge is -2.15. The summed E-state index contributed by atoms with van der Waals surface area (Å²) in [6.07, 6.45) is 2.53. The summed E-state index contributed by atoms with van der Waals surface area (Å²) >= 11 is 0. The standard InChI is InChI=1S/C14H16FNO5S/c1-22(20,21)8-14(4-5-14)7-16-12(17)10-3-2-9(13(18)19)6-11(10)15/h2-3,6H,4-5,7-8H2,1H3,(H,16,17)(H,18,19). The first-order valence-corrected chi connectivity index (χ1v) is 8.67. The smallest absolute Gasteiger partial charge is 0.335 e. The molecular formula is C14H16FNO5S. The lowest BCUT2D eigenvalue weighted by atomic mass is 10.1. The van der Waals surface area contributed by atoms with E-state index in [2.05, 4.69) is 5.32 Å². The van der Waals surface area contributed by atoms with Crippen molar-refractivity contribution in [2.45, 2.75) is 12.8 Å². The third-order valence-corrected chi connectivity index (χ3v) is 4.75. The first-order chi connectivity index (χ1) is 10.1. The van der Waals surface area contributed by atoms with Crippen molar-refractivity contribution < 1.29 is 27.5 Å². The number of hydrogen-bond acceptors (Lipinski definition) is 4. The zero-order chi connectivity index (χ0) is 16.5. The molecule has 0 heterocycles. The van der Waals surface area contributed by atoms with E-state index >= 15 is 0 Å². The number of rotatable bonds is 6. The Morgan fingerprint density at radius 3 is 2.45 bits per heavy atom. The van der Waals surface area contributed by atoms with Gasteiger partial charge in [-0.1, -0.05) is 0 Å². The molecule has 1 aromatic rings. The molecule has 1 amide bonds. The maximum absolute atomic E-state index is 13.7. The van der Waals surface area contributed by atoms with E-state index in [1.165, 1.54) is 0 Å². The summed E-state index contributed by atoms with van der Waals surface area (Å²) in [4.78, 5) is 22.6. The summed E-state index contributed by atoms with van der Waals surface area (Å²) in [7, 11) is -3.15. The second kappa shape index (κ2) is 5.68. The van der Waals surface area contributed by atoms with Gasteiger partial charge in [-0.15, -0.1) is 0 Å². The lowest BCUT2D eigenvalue weighted by molar-refractivity contribution is 0.0695. The molecule has 0 atom stereocenters. The van der Waals surface area contributed by atoms with E-state index < -0.39 is 32.9 Å². The molecule has 120 valence electrons. The fourth-order valence-electron chi connectivity index (χ4n) is 2.30. The average molecular weight is 329 g/mol. The second-order valence-corrected chi connectivity index (χ2v) is 7.89. The summed E-state index contributed by atoms with van der Waals surface area (Å²) in [6, 6.07) is 3.02. The minimum atomic E-state index is -3.15. The largest absolute Gasteiger partial charge is 0.478 e. The van der Waals surface area contributed by atoms with Crippen LogP contribution in [0.3, 0.4) is 0 Å². The van der Waals surface area contributed by atoms with Gasteiger partial charge >= 0.3 is 5.97 Å². The molecule has 1 aliphatic carbocycles. The maximum atomic E-state index is 13.7. The Labute approximate surface area is 127 Å². The van der Waals surface area contributed by atoms with Gasteiger partial charge in [-0.3, -0.25) is 4.79 Å². The molecule has 6 nitrogen and oxygen atoms in total. The Morgan fingerprint density at radius 2 is 2.00 bits per heavy atom. The number of hydrogen-bond donors (Lipinski definition) is 2. The van der Waals surface area contributed by atoms with Crippen LogP contribution in [-0.4, -0.2) is 44.0 Å². The third-order valence-electron chi connectivity index (χ3n) is 3.61. The van der Waals surface area contributed by atoms with Crippen molar-refractivity contribution in [3.05, 3.63) is 35.1 Å². The Balaban J connectivity index is 2.03. The van der Waals surface area contributed by atoms with Crippen LogP contribution in [0.1, 0.15) is 33.6 Å². The highest BCUT2D eigenvalue weighted by molar-refractivity contribution is 7.90. The minimum absolute atomic E-state index is 0.0132. The molecule has 1 aromatic carbocycles. The zero-order valence-electron chi connectivity index (χ0n) is 11.9. The van der Waals surface area contributed by atoms with Gasteiger partial charge in [0.25, 0.3) is 5.91 Å². The van der Waals surface area contributed by atoms with Crippen molar-refractivity contribution in [3.8, 4) is 0 Å². The Morgan fingerprint density at radius 1 is 1.36 bits per heavy atom. The predicted octanol–water partition coefficient (Wildman–Crippen LogP) is 1.08. The highest BCUT2D eigenvalue weighted by Gasteiger charge is 2.45. The van der Waals surface area contributed by atoms with Crippen molar-refractivity contribution in [2.75, 3.05) is 18.6 Å². The summed E-state index contributed by atoms with van der Waals surface area (Å²) in [5.41, 5.74) is -0.967. The van der Waals surface area contributed by atoms with Gasteiger partial charge in [0.05, 0.1) is 16.9 Å². The van der Waals surface area contributed by atoms with Crippen LogP contribution in [0.4, 0.5) is 4.39 Å². The number of carbonyl (C=O) groups is 2. The van der Waals surface area contributed by atoms with Crippen molar-refractivity contribution in [1.29, 1.82) is 0 Å². The number of halogens is 1. The second-order valence-electron chi connectivity index (χ2n) is 5.75. The highest BCUT2D eigenvalue weighted by Crippen LogP contribution is 2.46. The molecule has 8 heteroatoms. The third kappa shape index (κ3) is 4.03. The van der Waals surface area contributed by atoms with Crippen LogP contribution < -0.4 is 5.32 Å². The van der Waals surface area contributed by atoms with E-state index in [0.717, 1.165) is 24.5 Å². The molecule has 0 radical (unpaired) electrons. The van der Waals surface area contributed by atoms with E-state index in [1.54, 1.807) is 0 Å². The van der Waals surface area contributed by atoms with E-state index in [9.17, 15) is 22.4 Å². The van der Waals surface area contributed by atoms with E-state index in [0.29, 0.717) is 12.8 Å². The van der Waals surface area contributed by atoms with Crippen LogP contribution in [0.25, 0.3) is 0 Å². The first kappa shape index (κ1) is 16.4. The fraction of sp³-hybridized carbons (Fsp3) is 0.429. The highest BCUT2D eigenvalue weighted by atomic mass is 32.2. The van der Waals surface area contributed by atoms with Gasteiger partial charge in [-0.05, 0) is 31.0 Å². The number of benzene rings is 1. The Kier molecular flexibility index (Phi) is 4.23. The number of aromatic carboxylic acids is 1. The van der Waals surface area contributed by atoms with Crippen LogP contribution in [-0.2, 0) is 9.84 Å². The minimum Gasteiger partial charge on any atom is -0.478 e. The lowest BCUT2D eigenvalue weighted by Crippen LogP contribution is -2.34. The van der Waals surface area contributed by atoms with Gasteiger partial charge in [0.2, 0.25) is 0 Å². The average Bonchev–Trinajstić information content (AvgIpc) is 3.13. The monoisotopic (exact) mass is 329 g/mol. The van der Waals surface area contributed by atoms with Crippen LogP contribution in [0.5, 0.6) is 0 Å². The predicted molar refractivity (Wildman–Crippen MR) is 77.1 cm³/mol. The molecule has 2 rings (SSSR count). The number of carboxylic acid groups (broad SMARTS) is 1. The number of sulfone groups is 1. The van der Waals surface area contributed by atoms with Crippen molar-refractivity contribution in [3.63, 3.8) is 0 Å². The van der Waals surface area contributed by atoms with Gasteiger partial charge in [0.15, 0.2) is 0 Å². The maximum Gasteiger partial charge on any atom is 0.335 e. The molecule has 0 aliphatic heterocycles. The molecule has 0 bridgehead atoms. The van der Waals surface area contributed by atoms with Crippen molar-refractivity contribution >= 4 is 21.7 Å². The molecule has 22 heavy (non-hydrogen) atoms. The topological polar surface area (TPSA) is 101 Å². The van der Waals surface area contributed by atoms with Crippen molar-refractivity contribution in [2.24, 2.45) is 5.41 Å². The van der Waals surface area contributed by atoms with Crippen LogP contribution >= 0.6 is 0 Å². The van der Waals surface area contributed by atoms with Crippen LogP contribution in [0.15, 0.2) is 18.2 Å². The van der Waals surface area contributed by atoms with Gasteiger partial charge < -0.3 is 10.4 Å². The summed E-state index contributed by atoms with van der Waals surface area (Å²) in [5.74, 6) is -2.91. The first-order valence-electron chi connectivity index (χ1n) is 6.61. The number of amides is 1. The number of carboxylic acids is 1. The molecule has 2 N–H and O–H groups in total. The van der Waals surface area contributed by atoms with Gasteiger partial charge in [0, 0.05) is 18.2 Å². The van der Waals surface area contributed by atoms with E-state index in [-0.39, 0.29) is 23.4 Å². The Hall–Kier alpha value is -1.96. The van der Waals surface area contributed by atoms with Crippen LogP contribution in [0.2, 0.25) is 0 Å². The molecule has 0 spiro atoms. The quantitative estimate of drug-likeness (QED) is 0.813. The van der Waals surface area contributed by atoms with Gasteiger partial charge in [0.1, 0.15) is 15.7 Å². The van der Waals surface area contributed by atoms with Gasteiger partial charge in [-0.25, -0.2) is 17.6 Å². The van der Waals surface area contributed by atoms with Crippen molar-refractivity contribution in [1.82, 2.24) is 5.32 Å². The van der Waals surface area contributed by atoms with E-state index in [4.69, 9.17) is 5.11 Å². The summed E-state index contributed by atoms with van der Waals surface area (Å²) < 4.78 is 36.4. The number of nitrogens with one attached hydrogen (secondary N) is 1. The number of carbonyl (C=O) groups excluding carboxylic acids is 1. The SMILES string of the molecule is CS(=O)(=O)CC1(CNC(=O)c2ccc(C(=O)O)cc2F)CC1. The normalized spacial score (nSPS) is 16.1.